The topological polar surface area (TPSA) is 51.8 Å². The molecule has 4 nitrogen and oxygen atoms in total. The van der Waals surface area contributed by atoms with E-state index in [1.165, 1.54) is 37.7 Å². The van der Waals surface area contributed by atoms with Crippen LogP contribution in [0.1, 0.15) is 0 Å². The number of hydrogen-bond donors (Lipinski definition) is 0. The minimum atomic E-state index is 0.629. The Hall–Kier alpha value is -7.17. The molecule has 2 heterocycles. The maximum Gasteiger partial charge on any atom is 0.164 e. The molecule has 0 aliphatic rings. The van der Waals surface area contributed by atoms with Crippen molar-refractivity contribution in [3.05, 3.63) is 176 Å². The quantitative estimate of drug-likeness (QED) is 0.174. The molecule has 0 bridgehead atoms. The van der Waals surface area contributed by atoms with Gasteiger partial charge in [0.25, 0.3) is 0 Å². The Morgan fingerprint density at radius 3 is 1.47 bits per heavy atom. The predicted octanol–water partition coefficient (Wildman–Crippen LogP) is 13.1. The molecule has 4 heteroatoms. The molecule has 0 saturated heterocycles. The lowest BCUT2D eigenvalue weighted by molar-refractivity contribution is 0.669. The molecule has 53 heavy (non-hydrogen) atoms. The van der Waals surface area contributed by atoms with Crippen LogP contribution in [0.5, 0.6) is 0 Å². The van der Waals surface area contributed by atoms with E-state index in [1.807, 2.05) is 30.3 Å². The van der Waals surface area contributed by atoms with Crippen LogP contribution >= 0.6 is 0 Å². The molecule has 0 amide bonds. The number of benzene rings is 9. The van der Waals surface area contributed by atoms with Crippen LogP contribution < -0.4 is 0 Å². The highest BCUT2D eigenvalue weighted by molar-refractivity contribution is 6.32. The van der Waals surface area contributed by atoms with Crippen molar-refractivity contribution in [1.82, 2.24) is 15.0 Å². The van der Waals surface area contributed by atoms with Gasteiger partial charge in [0, 0.05) is 27.5 Å². The summed E-state index contributed by atoms with van der Waals surface area (Å²) in [4.78, 5) is 15.5. The number of rotatable bonds is 4. The van der Waals surface area contributed by atoms with Gasteiger partial charge in [-0.2, -0.15) is 0 Å². The lowest BCUT2D eigenvalue weighted by atomic mass is 9.89. The van der Waals surface area contributed by atoms with Crippen LogP contribution in [0.3, 0.4) is 0 Å². The van der Waals surface area contributed by atoms with Gasteiger partial charge in [-0.1, -0.05) is 152 Å². The van der Waals surface area contributed by atoms with Crippen LogP contribution in [0, 0.1) is 0 Å². The zero-order valence-corrected chi connectivity index (χ0v) is 28.5. The van der Waals surface area contributed by atoms with Gasteiger partial charge in [-0.05, 0) is 78.5 Å². The zero-order chi connectivity index (χ0) is 34.9. The van der Waals surface area contributed by atoms with E-state index in [2.05, 4.69) is 146 Å². The van der Waals surface area contributed by atoms with Crippen molar-refractivity contribution in [1.29, 1.82) is 0 Å². The number of fused-ring (bicyclic) bond motifs is 11. The molecule has 9 aromatic carbocycles. The van der Waals surface area contributed by atoms with Gasteiger partial charge >= 0.3 is 0 Å². The Bertz CT molecular complexity index is 3220. The number of hydrogen-bond acceptors (Lipinski definition) is 4. The minimum absolute atomic E-state index is 0.629. The molecule has 0 saturated carbocycles. The first-order valence-corrected chi connectivity index (χ1v) is 17.9. The SMILES string of the molecule is c1ccc(-c2nc(-c3ccc(-c4ccc5oc6ccccc6c5c4)cc3)nc(-c3cc4c5ccccc5c5ccccc5c4c4ccccc34)n2)cc1. The Morgan fingerprint density at radius 2 is 0.755 bits per heavy atom. The summed E-state index contributed by atoms with van der Waals surface area (Å²) in [5.74, 6) is 1.91. The highest BCUT2D eigenvalue weighted by Gasteiger charge is 2.19. The molecular weight excluding hydrogens is 647 g/mol. The molecule has 2 aromatic heterocycles. The first-order chi connectivity index (χ1) is 26.3. The van der Waals surface area contributed by atoms with Gasteiger partial charge in [-0.15, -0.1) is 0 Å². The highest BCUT2D eigenvalue weighted by Crippen LogP contribution is 2.42. The summed E-state index contributed by atoms with van der Waals surface area (Å²) in [6.45, 7) is 0. The molecular formula is C49H29N3O. The number of furan rings is 1. The predicted molar refractivity (Wildman–Crippen MR) is 219 cm³/mol. The largest absolute Gasteiger partial charge is 0.456 e. The number of para-hydroxylation sites is 1. The molecule has 0 N–H and O–H groups in total. The number of aromatic nitrogens is 3. The summed E-state index contributed by atoms with van der Waals surface area (Å²) in [6, 6.07) is 61.6. The Morgan fingerprint density at radius 1 is 0.283 bits per heavy atom. The Labute approximate surface area is 304 Å². The van der Waals surface area contributed by atoms with Gasteiger partial charge in [-0.25, -0.2) is 15.0 Å². The molecule has 0 aliphatic heterocycles. The number of nitrogens with zero attached hydrogens (tertiary/aromatic N) is 3. The van der Waals surface area contributed by atoms with Crippen LogP contribution in [-0.4, -0.2) is 15.0 Å². The fraction of sp³-hybridized carbons (Fsp3) is 0. The first kappa shape index (κ1) is 29.5. The van der Waals surface area contributed by atoms with Crippen molar-refractivity contribution in [2.24, 2.45) is 0 Å². The van der Waals surface area contributed by atoms with Crippen LogP contribution in [0.4, 0.5) is 0 Å². The summed E-state index contributed by atoms with van der Waals surface area (Å²) in [7, 11) is 0. The highest BCUT2D eigenvalue weighted by atomic mass is 16.3. The third kappa shape index (κ3) is 4.73. The summed E-state index contributed by atoms with van der Waals surface area (Å²) < 4.78 is 6.08. The molecule has 11 aromatic rings. The zero-order valence-electron chi connectivity index (χ0n) is 28.5. The second kappa shape index (κ2) is 11.7. The molecule has 0 unspecified atom stereocenters. The third-order valence-corrected chi connectivity index (χ3v) is 10.5. The van der Waals surface area contributed by atoms with Gasteiger partial charge in [0.1, 0.15) is 11.2 Å². The van der Waals surface area contributed by atoms with Crippen molar-refractivity contribution < 1.29 is 4.42 Å². The van der Waals surface area contributed by atoms with Crippen LogP contribution in [0.2, 0.25) is 0 Å². The molecule has 0 fully saturated rings. The van der Waals surface area contributed by atoms with Gasteiger partial charge in [0.05, 0.1) is 0 Å². The monoisotopic (exact) mass is 675 g/mol. The van der Waals surface area contributed by atoms with Crippen LogP contribution in [0.15, 0.2) is 180 Å². The van der Waals surface area contributed by atoms with E-state index in [0.29, 0.717) is 17.5 Å². The normalized spacial score (nSPS) is 11.8. The molecule has 246 valence electrons. The standard InChI is InChI=1S/C49H29N3O/c1-2-12-31(13-3-1)47-50-48(32-24-22-30(23-25-32)33-26-27-45-41(28-33)38-18-10-11-21-44(38)53-45)52-49(51-47)43-29-42-36-16-5-4-14-34(36)35-15-6-8-19-39(35)46(42)40-20-9-7-17-37(40)43/h1-29H. The van der Waals surface area contributed by atoms with Crippen molar-refractivity contribution >= 4 is 65.0 Å². The van der Waals surface area contributed by atoms with Gasteiger partial charge < -0.3 is 4.42 Å². The third-order valence-electron chi connectivity index (χ3n) is 10.5. The van der Waals surface area contributed by atoms with Gasteiger partial charge in [-0.3, -0.25) is 0 Å². The Kier molecular flexibility index (Phi) is 6.52. The summed E-state index contributed by atoms with van der Waals surface area (Å²) in [5.41, 5.74) is 6.86. The van der Waals surface area contributed by atoms with E-state index in [-0.39, 0.29) is 0 Å². The Balaban J connectivity index is 1.11. The van der Waals surface area contributed by atoms with Crippen molar-refractivity contribution in [2.75, 3.05) is 0 Å². The molecule has 0 atom stereocenters. The lowest BCUT2D eigenvalue weighted by Crippen LogP contribution is -2.01. The average molecular weight is 676 g/mol. The summed E-state index contributed by atoms with van der Waals surface area (Å²) in [6.07, 6.45) is 0. The molecule has 0 spiro atoms. The summed E-state index contributed by atoms with van der Waals surface area (Å²) >= 11 is 0. The fourth-order valence-corrected chi connectivity index (χ4v) is 8.01. The first-order valence-electron chi connectivity index (χ1n) is 17.9. The maximum atomic E-state index is 6.08. The van der Waals surface area contributed by atoms with E-state index in [0.717, 1.165) is 55.1 Å². The van der Waals surface area contributed by atoms with Crippen molar-refractivity contribution in [3.63, 3.8) is 0 Å². The van der Waals surface area contributed by atoms with E-state index in [1.54, 1.807) is 0 Å². The van der Waals surface area contributed by atoms with Gasteiger partial charge in [0.2, 0.25) is 0 Å². The lowest BCUT2D eigenvalue weighted by Gasteiger charge is -2.16. The average Bonchev–Trinajstić information content (AvgIpc) is 3.61. The maximum absolute atomic E-state index is 6.08. The van der Waals surface area contributed by atoms with E-state index in [9.17, 15) is 0 Å². The van der Waals surface area contributed by atoms with Crippen LogP contribution in [-0.2, 0) is 0 Å². The van der Waals surface area contributed by atoms with Crippen molar-refractivity contribution in [2.45, 2.75) is 0 Å². The fourth-order valence-electron chi connectivity index (χ4n) is 8.01. The van der Waals surface area contributed by atoms with E-state index in [4.69, 9.17) is 19.4 Å². The second-order valence-electron chi connectivity index (χ2n) is 13.5. The molecule has 0 aliphatic carbocycles. The minimum Gasteiger partial charge on any atom is -0.456 e. The smallest absolute Gasteiger partial charge is 0.164 e. The van der Waals surface area contributed by atoms with E-state index < -0.39 is 0 Å². The van der Waals surface area contributed by atoms with Gasteiger partial charge in [0.15, 0.2) is 17.5 Å². The molecule has 11 rings (SSSR count). The molecule has 0 radical (unpaired) electrons. The second-order valence-corrected chi connectivity index (χ2v) is 13.5. The van der Waals surface area contributed by atoms with Crippen molar-refractivity contribution in [3.8, 4) is 45.3 Å². The van der Waals surface area contributed by atoms with E-state index >= 15 is 0 Å². The van der Waals surface area contributed by atoms with Crippen LogP contribution in [0.25, 0.3) is 110 Å². The summed E-state index contributed by atoms with van der Waals surface area (Å²) in [5, 5.41) is 11.9.